The van der Waals surface area contributed by atoms with Gasteiger partial charge in [0.2, 0.25) is 0 Å². The molecule has 4 rings (SSSR count). The summed E-state index contributed by atoms with van der Waals surface area (Å²) in [6, 6.07) is 9.97. The molecule has 0 bridgehead atoms. The zero-order valence-electron chi connectivity index (χ0n) is 13.6. The van der Waals surface area contributed by atoms with E-state index in [0.717, 1.165) is 27.8 Å². The summed E-state index contributed by atoms with van der Waals surface area (Å²) in [4.78, 5) is 16.9. The van der Waals surface area contributed by atoms with E-state index in [9.17, 15) is 9.18 Å². The summed E-state index contributed by atoms with van der Waals surface area (Å²) < 4.78 is 15.2. The third-order valence-corrected chi connectivity index (χ3v) is 4.30. The maximum absolute atomic E-state index is 13.4. The fourth-order valence-electron chi connectivity index (χ4n) is 2.99. The lowest BCUT2D eigenvalue weighted by Crippen LogP contribution is -2.26. The highest BCUT2D eigenvalue weighted by atomic mass is 19.1. The molecule has 0 aliphatic carbocycles. The molecular formula is C18H16FN5O. The number of hydrogen-bond donors (Lipinski definition) is 2. The number of halogens is 1. The number of hydrogen-bond acceptors (Lipinski definition) is 3. The number of amides is 1. The number of aromatic nitrogens is 4. The molecule has 25 heavy (non-hydrogen) atoms. The number of rotatable bonds is 4. The summed E-state index contributed by atoms with van der Waals surface area (Å²) in [6.07, 6.45) is 2.20. The van der Waals surface area contributed by atoms with E-state index in [4.69, 9.17) is 0 Å². The molecule has 2 aromatic carbocycles. The van der Waals surface area contributed by atoms with Crippen LogP contribution in [0.3, 0.4) is 0 Å². The normalized spacial score (nSPS) is 11.3. The fourth-order valence-corrected chi connectivity index (χ4v) is 2.99. The van der Waals surface area contributed by atoms with E-state index in [0.29, 0.717) is 18.5 Å². The number of H-pyrrole nitrogens is 1. The largest absolute Gasteiger partial charge is 0.352 e. The van der Waals surface area contributed by atoms with Crippen LogP contribution >= 0.6 is 0 Å². The summed E-state index contributed by atoms with van der Waals surface area (Å²) in [5, 5.41) is 10.5. The Morgan fingerprint density at radius 3 is 3.08 bits per heavy atom. The molecule has 7 heteroatoms. The van der Waals surface area contributed by atoms with Crippen LogP contribution in [0.25, 0.3) is 21.9 Å². The maximum atomic E-state index is 13.4. The molecule has 4 aromatic rings. The SMILES string of the molecule is Cn1c(CCNC(=O)c2cccc3[nH]ncc23)nc2ccc(F)cc21. The van der Waals surface area contributed by atoms with Crippen molar-refractivity contribution in [1.29, 1.82) is 0 Å². The van der Waals surface area contributed by atoms with Crippen molar-refractivity contribution in [3.05, 3.63) is 59.8 Å². The third kappa shape index (κ3) is 2.73. The van der Waals surface area contributed by atoms with Gasteiger partial charge in [0.25, 0.3) is 5.91 Å². The van der Waals surface area contributed by atoms with E-state index >= 15 is 0 Å². The second kappa shape index (κ2) is 6.01. The Balaban J connectivity index is 1.48. The second-order valence-corrected chi connectivity index (χ2v) is 5.86. The molecule has 2 aromatic heterocycles. The Bertz CT molecular complexity index is 1080. The summed E-state index contributed by atoms with van der Waals surface area (Å²) in [6.45, 7) is 0.437. The number of carbonyl (C=O) groups excluding carboxylic acids is 1. The molecule has 0 spiro atoms. The predicted octanol–water partition coefficient (Wildman–Crippen LogP) is 2.56. The van der Waals surface area contributed by atoms with Crippen molar-refractivity contribution in [1.82, 2.24) is 25.1 Å². The number of benzene rings is 2. The van der Waals surface area contributed by atoms with Crippen LogP contribution in [0.4, 0.5) is 4.39 Å². The monoisotopic (exact) mass is 337 g/mol. The molecule has 0 atom stereocenters. The Hall–Kier alpha value is -3.22. The van der Waals surface area contributed by atoms with Crippen LogP contribution in [-0.4, -0.2) is 32.2 Å². The highest BCUT2D eigenvalue weighted by molar-refractivity contribution is 6.06. The molecule has 0 aliphatic rings. The Morgan fingerprint density at radius 1 is 1.32 bits per heavy atom. The lowest BCUT2D eigenvalue weighted by molar-refractivity contribution is 0.0955. The number of imidazole rings is 1. The highest BCUT2D eigenvalue weighted by Crippen LogP contribution is 2.17. The number of carbonyl (C=O) groups is 1. The fraction of sp³-hybridized carbons (Fsp3) is 0.167. The van der Waals surface area contributed by atoms with Gasteiger partial charge in [-0.15, -0.1) is 0 Å². The quantitative estimate of drug-likeness (QED) is 0.601. The van der Waals surface area contributed by atoms with E-state index in [1.165, 1.54) is 12.1 Å². The van der Waals surface area contributed by atoms with Crippen LogP contribution in [0.2, 0.25) is 0 Å². The Labute approximate surface area is 142 Å². The van der Waals surface area contributed by atoms with Crippen LogP contribution in [0.5, 0.6) is 0 Å². The van der Waals surface area contributed by atoms with Crippen LogP contribution in [0, 0.1) is 5.82 Å². The first-order valence-electron chi connectivity index (χ1n) is 7.94. The number of aromatic amines is 1. The van der Waals surface area contributed by atoms with Gasteiger partial charge in [-0.3, -0.25) is 9.89 Å². The minimum Gasteiger partial charge on any atom is -0.352 e. The average molecular weight is 337 g/mol. The van der Waals surface area contributed by atoms with Gasteiger partial charge in [-0.05, 0) is 30.3 Å². The average Bonchev–Trinajstić information content (AvgIpc) is 3.20. The van der Waals surface area contributed by atoms with E-state index in [1.807, 2.05) is 23.7 Å². The van der Waals surface area contributed by atoms with Crippen molar-refractivity contribution in [3.63, 3.8) is 0 Å². The molecule has 126 valence electrons. The molecular weight excluding hydrogens is 321 g/mol. The number of aryl methyl sites for hydroxylation is 1. The molecule has 0 radical (unpaired) electrons. The first-order valence-corrected chi connectivity index (χ1v) is 7.94. The van der Waals surface area contributed by atoms with Crippen molar-refractivity contribution >= 4 is 27.8 Å². The summed E-state index contributed by atoms with van der Waals surface area (Å²) in [5.41, 5.74) is 2.89. The number of nitrogens with zero attached hydrogens (tertiary/aromatic N) is 3. The first kappa shape index (κ1) is 15.3. The predicted molar refractivity (Wildman–Crippen MR) is 92.8 cm³/mol. The standard InChI is InChI=1S/C18H16FN5O/c1-24-16-9-11(19)5-6-15(16)22-17(24)7-8-20-18(25)12-3-2-4-14-13(12)10-21-23-14/h2-6,9-10H,7-8H2,1H3,(H,20,25)(H,21,23). The van der Waals surface area contributed by atoms with Gasteiger partial charge in [-0.25, -0.2) is 9.37 Å². The molecule has 0 unspecified atom stereocenters. The molecule has 2 N–H and O–H groups in total. The number of fused-ring (bicyclic) bond motifs is 2. The van der Waals surface area contributed by atoms with Crippen molar-refractivity contribution in [2.45, 2.75) is 6.42 Å². The van der Waals surface area contributed by atoms with Gasteiger partial charge in [0.15, 0.2) is 0 Å². The van der Waals surface area contributed by atoms with Crippen molar-refractivity contribution < 1.29 is 9.18 Å². The minimum absolute atomic E-state index is 0.156. The summed E-state index contributed by atoms with van der Waals surface area (Å²) >= 11 is 0. The highest BCUT2D eigenvalue weighted by Gasteiger charge is 2.12. The number of nitrogens with one attached hydrogen (secondary N) is 2. The van der Waals surface area contributed by atoms with Crippen LogP contribution in [0.1, 0.15) is 16.2 Å². The maximum Gasteiger partial charge on any atom is 0.252 e. The minimum atomic E-state index is -0.288. The van der Waals surface area contributed by atoms with E-state index in [1.54, 1.807) is 18.3 Å². The van der Waals surface area contributed by atoms with Gasteiger partial charge in [-0.2, -0.15) is 5.10 Å². The summed E-state index contributed by atoms with van der Waals surface area (Å²) in [5.74, 6) is 0.350. The van der Waals surface area contributed by atoms with Crippen molar-refractivity contribution in [3.8, 4) is 0 Å². The van der Waals surface area contributed by atoms with Gasteiger partial charge in [0.1, 0.15) is 11.6 Å². The third-order valence-electron chi connectivity index (χ3n) is 4.30. The molecule has 0 aliphatic heterocycles. The molecule has 2 heterocycles. The molecule has 0 saturated carbocycles. The summed E-state index contributed by atoms with van der Waals surface area (Å²) in [7, 11) is 1.85. The molecule has 6 nitrogen and oxygen atoms in total. The zero-order chi connectivity index (χ0) is 17.4. The van der Waals surface area contributed by atoms with Gasteiger partial charge >= 0.3 is 0 Å². The van der Waals surface area contributed by atoms with E-state index in [-0.39, 0.29) is 11.7 Å². The molecule has 0 saturated heterocycles. The van der Waals surface area contributed by atoms with E-state index < -0.39 is 0 Å². The lowest BCUT2D eigenvalue weighted by atomic mass is 10.1. The van der Waals surface area contributed by atoms with Gasteiger partial charge in [0.05, 0.1) is 28.3 Å². The van der Waals surface area contributed by atoms with Crippen LogP contribution in [-0.2, 0) is 13.5 Å². The lowest BCUT2D eigenvalue weighted by Gasteiger charge is -2.06. The molecule has 0 fully saturated rings. The van der Waals surface area contributed by atoms with Crippen LogP contribution in [0.15, 0.2) is 42.6 Å². The van der Waals surface area contributed by atoms with Crippen LogP contribution < -0.4 is 5.32 Å². The zero-order valence-corrected chi connectivity index (χ0v) is 13.6. The van der Waals surface area contributed by atoms with Gasteiger partial charge in [0, 0.05) is 25.4 Å². The smallest absolute Gasteiger partial charge is 0.252 e. The Kier molecular flexibility index (Phi) is 3.68. The first-order chi connectivity index (χ1) is 12.1. The second-order valence-electron chi connectivity index (χ2n) is 5.86. The van der Waals surface area contributed by atoms with Gasteiger partial charge in [-0.1, -0.05) is 6.07 Å². The van der Waals surface area contributed by atoms with Gasteiger partial charge < -0.3 is 9.88 Å². The van der Waals surface area contributed by atoms with Crippen molar-refractivity contribution in [2.75, 3.05) is 6.54 Å². The van der Waals surface area contributed by atoms with E-state index in [2.05, 4.69) is 20.5 Å². The molecule has 1 amide bonds. The topological polar surface area (TPSA) is 75.6 Å². The van der Waals surface area contributed by atoms with Crippen molar-refractivity contribution in [2.24, 2.45) is 7.05 Å². The Morgan fingerprint density at radius 2 is 2.20 bits per heavy atom.